The molecule has 1 heterocycles. The van der Waals surface area contributed by atoms with Crippen LogP contribution in [0, 0.1) is 6.92 Å². The third-order valence-electron chi connectivity index (χ3n) is 4.32. The fraction of sp³-hybridized carbons (Fsp3) is 0.562. The van der Waals surface area contributed by atoms with Crippen molar-refractivity contribution < 1.29 is 9.53 Å². The molecule has 1 fully saturated rings. The zero-order chi connectivity index (χ0) is 14.1. The molecular weight excluding hydrogens is 252 g/mol. The van der Waals surface area contributed by atoms with Gasteiger partial charge in [-0.2, -0.15) is 0 Å². The number of fused-ring (bicyclic) bond motifs is 1. The maximum absolute atomic E-state index is 11.0. The van der Waals surface area contributed by atoms with E-state index in [4.69, 9.17) is 4.74 Å². The molecule has 0 atom stereocenters. The van der Waals surface area contributed by atoms with Crippen LogP contribution in [0.25, 0.3) is 0 Å². The molecule has 20 heavy (non-hydrogen) atoms. The van der Waals surface area contributed by atoms with Crippen LogP contribution in [0.2, 0.25) is 0 Å². The van der Waals surface area contributed by atoms with Gasteiger partial charge in [-0.05, 0) is 50.3 Å². The van der Waals surface area contributed by atoms with Crippen LogP contribution in [0.1, 0.15) is 38.2 Å². The van der Waals surface area contributed by atoms with Gasteiger partial charge in [-0.3, -0.25) is 4.79 Å². The van der Waals surface area contributed by atoms with E-state index in [9.17, 15) is 4.79 Å². The van der Waals surface area contributed by atoms with Crippen molar-refractivity contribution in [1.82, 2.24) is 0 Å². The Morgan fingerprint density at radius 1 is 1.30 bits per heavy atom. The molecule has 0 bridgehead atoms. The van der Waals surface area contributed by atoms with Crippen molar-refractivity contribution in [3.05, 3.63) is 23.8 Å². The Kier molecular flexibility index (Phi) is 3.55. The number of nitrogens with one attached hydrogen (secondary N) is 1. The van der Waals surface area contributed by atoms with E-state index in [1.54, 1.807) is 0 Å². The van der Waals surface area contributed by atoms with E-state index in [1.165, 1.54) is 23.9 Å². The molecule has 3 rings (SSSR count). The first-order chi connectivity index (χ1) is 9.63. The third-order valence-corrected chi connectivity index (χ3v) is 4.32. The molecule has 1 aliphatic heterocycles. The van der Waals surface area contributed by atoms with E-state index in [-0.39, 0.29) is 12.1 Å². The number of hydrogen-bond acceptors (Lipinski definition) is 4. The molecule has 2 aliphatic rings. The van der Waals surface area contributed by atoms with Crippen molar-refractivity contribution in [2.24, 2.45) is 0 Å². The molecule has 108 valence electrons. The number of rotatable bonds is 2. The van der Waals surface area contributed by atoms with E-state index < -0.39 is 0 Å². The van der Waals surface area contributed by atoms with E-state index >= 15 is 0 Å². The Labute approximate surface area is 120 Å². The molecule has 1 aromatic rings. The topological polar surface area (TPSA) is 41.6 Å². The highest BCUT2D eigenvalue weighted by Crippen LogP contribution is 2.37. The highest BCUT2D eigenvalue weighted by atomic mass is 16.5. The summed E-state index contributed by atoms with van der Waals surface area (Å²) in [6.07, 6.45) is 4.25. The number of carbonyl (C=O) groups excluding carboxylic acids is 1. The van der Waals surface area contributed by atoms with Crippen LogP contribution in [0.5, 0.6) is 0 Å². The zero-order valence-electron chi connectivity index (χ0n) is 12.2. The predicted octanol–water partition coefficient (Wildman–Crippen LogP) is 3.06. The molecule has 0 saturated heterocycles. The lowest BCUT2D eigenvalue weighted by Gasteiger charge is -2.35. The summed E-state index contributed by atoms with van der Waals surface area (Å²) in [5.74, 6) is -0.155. The molecule has 0 amide bonds. The van der Waals surface area contributed by atoms with Crippen molar-refractivity contribution in [1.29, 1.82) is 0 Å². The van der Waals surface area contributed by atoms with Gasteiger partial charge in [-0.1, -0.05) is 6.07 Å². The summed E-state index contributed by atoms with van der Waals surface area (Å²) in [6.45, 7) is 4.51. The Balaban J connectivity index is 1.64. The number of carbonyl (C=O) groups is 1. The summed E-state index contributed by atoms with van der Waals surface area (Å²) >= 11 is 0. The van der Waals surface area contributed by atoms with Gasteiger partial charge in [0.05, 0.1) is 18.0 Å². The first-order valence-electron chi connectivity index (χ1n) is 7.42. The Bertz CT molecular complexity index is 507. The second-order valence-corrected chi connectivity index (χ2v) is 5.87. The van der Waals surface area contributed by atoms with Crippen LogP contribution in [0.4, 0.5) is 11.4 Å². The first-order valence-corrected chi connectivity index (χ1v) is 7.42. The van der Waals surface area contributed by atoms with Crippen LogP contribution in [-0.4, -0.2) is 24.8 Å². The lowest BCUT2D eigenvalue weighted by molar-refractivity contribution is -0.147. The molecule has 4 heteroatoms. The minimum absolute atomic E-state index is 0.122. The highest BCUT2D eigenvalue weighted by molar-refractivity contribution is 5.75. The van der Waals surface area contributed by atoms with Crippen molar-refractivity contribution in [2.45, 2.75) is 51.7 Å². The highest BCUT2D eigenvalue weighted by Gasteiger charge is 2.30. The lowest BCUT2D eigenvalue weighted by Crippen LogP contribution is -2.39. The van der Waals surface area contributed by atoms with Gasteiger partial charge >= 0.3 is 5.97 Å². The third kappa shape index (κ3) is 2.60. The number of benzene rings is 1. The largest absolute Gasteiger partial charge is 0.463 e. The Morgan fingerprint density at radius 2 is 2.05 bits per heavy atom. The Hall–Kier alpha value is -1.71. The van der Waals surface area contributed by atoms with Gasteiger partial charge in [0.2, 0.25) is 0 Å². The second-order valence-electron chi connectivity index (χ2n) is 5.87. The van der Waals surface area contributed by atoms with Gasteiger partial charge < -0.3 is 15.0 Å². The number of nitrogens with zero attached hydrogens (tertiary/aromatic N) is 1. The van der Waals surface area contributed by atoms with Crippen LogP contribution >= 0.6 is 0 Å². The monoisotopic (exact) mass is 274 g/mol. The zero-order valence-corrected chi connectivity index (χ0v) is 12.2. The van der Waals surface area contributed by atoms with E-state index in [0.717, 1.165) is 32.4 Å². The summed E-state index contributed by atoms with van der Waals surface area (Å²) < 4.78 is 5.31. The molecule has 0 aromatic heterocycles. The molecular formula is C16H22N2O2. The van der Waals surface area contributed by atoms with E-state index in [1.807, 2.05) is 0 Å². The molecule has 0 radical (unpaired) electrons. The number of ether oxygens (including phenoxy) is 1. The summed E-state index contributed by atoms with van der Waals surface area (Å²) in [7, 11) is 0. The molecule has 0 unspecified atom stereocenters. The Morgan fingerprint density at radius 3 is 2.75 bits per heavy atom. The fourth-order valence-corrected chi connectivity index (χ4v) is 3.33. The van der Waals surface area contributed by atoms with Crippen molar-refractivity contribution in [2.75, 3.05) is 16.9 Å². The van der Waals surface area contributed by atoms with Crippen LogP contribution in [0.3, 0.4) is 0 Å². The SMILES string of the molecule is CC(=O)OC1CCC(N2CNc3cc(C)ccc32)CC1. The number of esters is 1. The van der Waals surface area contributed by atoms with Gasteiger partial charge in [0.25, 0.3) is 0 Å². The smallest absolute Gasteiger partial charge is 0.302 e. The van der Waals surface area contributed by atoms with Gasteiger partial charge in [0, 0.05) is 13.0 Å². The summed E-state index contributed by atoms with van der Waals surface area (Å²) in [4.78, 5) is 13.5. The van der Waals surface area contributed by atoms with Gasteiger partial charge in [0.15, 0.2) is 0 Å². The predicted molar refractivity (Wildman–Crippen MR) is 80.0 cm³/mol. The summed E-state index contributed by atoms with van der Waals surface area (Å²) in [6, 6.07) is 7.14. The van der Waals surface area contributed by atoms with Crippen LogP contribution in [0.15, 0.2) is 18.2 Å². The average molecular weight is 274 g/mol. The second kappa shape index (κ2) is 5.35. The lowest BCUT2D eigenvalue weighted by atomic mass is 9.91. The van der Waals surface area contributed by atoms with Gasteiger partial charge in [-0.15, -0.1) is 0 Å². The summed E-state index contributed by atoms with van der Waals surface area (Å²) in [5.41, 5.74) is 3.84. The van der Waals surface area contributed by atoms with Crippen molar-refractivity contribution in [3.63, 3.8) is 0 Å². The number of hydrogen-bond donors (Lipinski definition) is 1. The molecule has 4 nitrogen and oxygen atoms in total. The first kappa shape index (κ1) is 13.3. The van der Waals surface area contributed by atoms with Crippen LogP contribution in [-0.2, 0) is 9.53 Å². The normalized spacial score (nSPS) is 25.0. The van der Waals surface area contributed by atoms with Crippen molar-refractivity contribution in [3.8, 4) is 0 Å². The number of aryl methyl sites for hydroxylation is 1. The quantitative estimate of drug-likeness (QED) is 0.842. The molecule has 1 aliphatic carbocycles. The molecule has 1 aromatic carbocycles. The standard InChI is InChI=1S/C16H22N2O2/c1-11-3-8-16-15(9-11)17-10-18(16)13-4-6-14(7-5-13)20-12(2)19/h3,8-9,13-14,17H,4-7,10H2,1-2H3. The summed E-state index contributed by atoms with van der Waals surface area (Å²) in [5, 5.41) is 3.47. The molecule has 1 saturated carbocycles. The minimum atomic E-state index is -0.155. The number of anilines is 2. The maximum atomic E-state index is 11.0. The van der Waals surface area contributed by atoms with E-state index in [0.29, 0.717) is 6.04 Å². The fourth-order valence-electron chi connectivity index (χ4n) is 3.33. The maximum Gasteiger partial charge on any atom is 0.302 e. The minimum Gasteiger partial charge on any atom is -0.463 e. The molecule has 1 N–H and O–H groups in total. The van der Waals surface area contributed by atoms with Crippen LogP contribution < -0.4 is 10.2 Å². The van der Waals surface area contributed by atoms with Crippen molar-refractivity contribution >= 4 is 17.3 Å². The molecule has 0 spiro atoms. The van der Waals surface area contributed by atoms with E-state index in [2.05, 4.69) is 35.3 Å². The average Bonchev–Trinajstić information content (AvgIpc) is 2.82. The van der Waals surface area contributed by atoms with Gasteiger partial charge in [0.1, 0.15) is 6.10 Å². The van der Waals surface area contributed by atoms with Gasteiger partial charge in [-0.25, -0.2) is 0 Å².